The van der Waals surface area contributed by atoms with Crippen molar-refractivity contribution in [2.24, 2.45) is 0 Å². The summed E-state index contributed by atoms with van der Waals surface area (Å²) in [5.41, 5.74) is 14.0. The van der Waals surface area contributed by atoms with Gasteiger partial charge in [0.2, 0.25) is 11.5 Å². The summed E-state index contributed by atoms with van der Waals surface area (Å²) in [5.74, 6) is -2.99. The Bertz CT molecular complexity index is 2330. The number of benzene rings is 1. The third kappa shape index (κ3) is 28.5. The van der Waals surface area contributed by atoms with Gasteiger partial charge in [-0.25, -0.2) is 0 Å². The first-order valence-corrected chi connectivity index (χ1v) is 25.9. The van der Waals surface area contributed by atoms with Gasteiger partial charge in [-0.15, -0.1) is 0 Å². The fraction of sp³-hybridized carbons (Fsp3) is 0.531. The summed E-state index contributed by atoms with van der Waals surface area (Å²) in [7, 11) is -6.13. The second-order valence-corrected chi connectivity index (χ2v) is 19.7. The lowest BCUT2D eigenvalue weighted by molar-refractivity contribution is -0.105. The van der Waals surface area contributed by atoms with E-state index in [-0.39, 0.29) is 17.5 Å². The van der Waals surface area contributed by atoms with Crippen molar-refractivity contribution in [3.8, 4) is 23.0 Å². The van der Waals surface area contributed by atoms with Gasteiger partial charge in [0.1, 0.15) is 12.6 Å². The number of aromatic hydroxyl groups is 2. The minimum Gasteiger partial charge on any atom is -0.504 e. The van der Waals surface area contributed by atoms with Crippen molar-refractivity contribution in [3.63, 3.8) is 0 Å². The lowest BCUT2D eigenvalue weighted by Gasteiger charge is -2.17. The van der Waals surface area contributed by atoms with Crippen molar-refractivity contribution in [1.29, 1.82) is 0 Å². The molecule has 0 heterocycles. The number of methoxy groups -OCH3 is 2. The number of phenolic OH excluding ortho intramolecular Hbond substituents is 2. The van der Waals surface area contributed by atoms with Gasteiger partial charge in [-0.05, 0) is 222 Å². The molecule has 2 N–H and O–H groups in total. The van der Waals surface area contributed by atoms with Crippen molar-refractivity contribution >= 4 is 12.6 Å². The summed E-state index contributed by atoms with van der Waals surface area (Å²) in [5, 5.41) is 21.7. The lowest BCUT2D eigenvalue weighted by atomic mass is 9.99. The van der Waals surface area contributed by atoms with E-state index in [0.29, 0.717) is 18.4 Å². The first kappa shape index (κ1) is 52.7. The van der Waals surface area contributed by atoms with Crippen LogP contribution in [0.5, 0.6) is 23.0 Å². The van der Waals surface area contributed by atoms with E-state index >= 15 is 0 Å². The second-order valence-electron chi connectivity index (χ2n) is 19.7. The molecule has 388 valence electrons. The largest absolute Gasteiger partial charge is 0.504 e. The summed E-state index contributed by atoms with van der Waals surface area (Å²) in [6, 6.07) is 0. The predicted molar refractivity (Wildman–Crippen MR) is 301 cm³/mol. The highest BCUT2D eigenvalue weighted by atomic mass is 16.5. The molecule has 1 rings (SSSR count). The van der Waals surface area contributed by atoms with Crippen molar-refractivity contribution in [3.05, 3.63) is 139 Å². The molecule has 0 radical (unpaired) electrons. The van der Waals surface area contributed by atoms with Crippen LogP contribution in [0.2, 0.25) is 0 Å². The molecule has 1 aromatic carbocycles. The van der Waals surface area contributed by atoms with Crippen LogP contribution in [0.4, 0.5) is 0 Å². The normalized spacial score (nSPS) is 15.7. The number of hydrogen-bond donors (Lipinski definition) is 2. The van der Waals surface area contributed by atoms with Gasteiger partial charge in [0.05, 0.1) is 22.3 Å². The summed E-state index contributed by atoms with van der Waals surface area (Å²) in [6.07, 6.45) is 45.6. The van der Waals surface area contributed by atoms with E-state index in [1.54, 1.807) is 6.08 Å². The number of hydrogen-bond acceptors (Lipinski definition) is 6. The molecule has 0 aliphatic rings. The van der Waals surface area contributed by atoms with Gasteiger partial charge in [0.25, 0.3) is 0 Å². The molecule has 0 bridgehead atoms. The number of ether oxygens (including phenoxy) is 2. The van der Waals surface area contributed by atoms with Gasteiger partial charge in [0.15, 0.2) is 11.5 Å². The molecule has 0 amide bonds. The van der Waals surface area contributed by atoms with Crippen LogP contribution in [0.3, 0.4) is 0 Å². The third-order valence-corrected chi connectivity index (χ3v) is 12.9. The molecule has 0 aromatic heterocycles. The van der Waals surface area contributed by atoms with Crippen LogP contribution in [-0.2, 0) is 16.0 Å². The lowest BCUT2D eigenvalue weighted by Crippen LogP contribution is -1.99. The highest BCUT2D eigenvalue weighted by molar-refractivity contribution is 5.74. The molecule has 6 heteroatoms. The molecule has 0 spiro atoms. The Labute approximate surface area is 436 Å². The summed E-state index contributed by atoms with van der Waals surface area (Å²) in [6.45, 7) is 23.3. The van der Waals surface area contributed by atoms with Crippen LogP contribution in [0.1, 0.15) is 217 Å². The summed E-state index contributed by atoms with van der Waals surface area (Å²) in [4.78, 5) is 23.7. The average molecular weight is 968 g/mol. The first-order valence-electron chi connectivity index (χ1n) is 28.9. The maximum atomic E-state index is 11.9. The van der Waals surface area contributed by atoms with Crippen LogP contribution < -0.4 is 9.47 Å². The Hall–Kier alpha value is -5.10. The SMILES string of the molecule is [2H]C([2H])([2H])Oc1c(O)c(C)c(C/C=C(\C=O)CC/C=C(/C)CC/C=C(/C)CC/C=C(/C)CC/C=C(/C)CC/C=C(\C)CC/C=C(/C)CC/C=C(\C=O)CC/C=C(\C)CC/C=C(/C)CCC=C(C)C)c(O)c1OC([2H])([2H])[2H]. The third-order valence-electron chi connectivity index (χ3n) is 12.9. The minimum absolute atomic E-state index is 0.0515. The maximum absolute atomic E-state index is 11.9. The Kier molecular flexibility index (Phi) is 28.4. The van der Waals surface area contributed by atoms with Gasteiger partial charge in [-0.3, -0.25) is 9.59 Å². The number of carbonyl (C=O) groups is 2. The average Bonchev–Trinajstić information content (AvgIpc) is 3.32. The zero-order valence-corrected chi connectivity index (χ0v) is 45.4. The highest BCUT2D eigenvalue weighted by Crippen LogP contribution is 2.48. The number of allylic oxidation sites excluding steroid dienone is 22. The van der Waals surface area contributed by atoms with E-state index in [1.165, 1.54) is 57.1 Å². The van der Waals surface area contributed by atoms with Crippen molar-refractivity contribution < 1.29 is 37.5 Å². The van der Waals surface area contributed by atoms with E-state index in [9.17, 15) is 19.8 Å². The Balaban J connectivity index is 2.46. The number of rotatable bonds is 36. The molecule has 0 aliphatic carbocycles. The van der Waals surface area contributed by atoms with E-state index in [1.807, 2.05) is 0 Å². The number of aldehydes is 2. The van der Waals surface area contributed by atoms with Gasteiger partial charge in [-0.1, -0.05) is 117 Å². The molecule has 0 atom stereocenters. The minimum atomic E-state index is -3.08. The quantitative estimate of drug-likeness (QED) is 0.0301. The topological polar surface area (TPSA) is 93.1 Å². The molecule has 70 heavy (non-hydrogen) atoms. The van der Waals surface area contributed by atoms with E-state index < -0.39 is 37.1 Å². The molecule has 0 unspecified atom stereocenters. The van der Waals surface area contributed by atoms with Crippen LogP contribution in [0.25, 0.3) is 0 Å². The van der Waals surface area contributed by atoms with Gasteiger partial charge < -0.3 is 19.7 Å². The molecule has 0 saturated heterocycles. The Morgan fingerprint density at radius 3 is 0.971 bits per heavy atom. The molecule has 0 fully saturated rings. The van der Waals surface area contributed by atoms with Crippen molar-refractivity contribution in [2.45, 2.75) is 211 Å². The molecule has 1 aromatic rings. The van der Waals surface area contributed by atoms with Crippen LogP contribution >= 0.6 is 0 Å². The zero-order chi connectivity index (χ0) is 57.3. The van der Waals surface area contributed by atoms with E-state index in [2.05, 4.69) is 130 Å². The predicted octanol–water partition coefficient (Wildman–Crippen LogP) is 18.6. The highest BCUT2D eigenvalue weighted by Gasteiger charge is 2.22. The molecular weight excluding hydrogens is 865 g/mol. The monoisotopic (exact) mass is 967 g/mol. The van der Waals surface area contributed by atoms with Crippen molar-refractivity contribution in [2.75, 3.05) is 14.1 Å². The molecule has 0 saturated carbocycles. The van der Waals surface area contributed by atoms with Gasteiger partial charge in [0, 0.05) is 11.1 Å². The van der Waals surface area contributed by atoms with Crippen molar-refractivity contribution in [1.82, 2.24) is 0 Å². The number of phenols is 2. The Morgan fingerprint density at radius 2 is 0.671 bits per heavy atom. The van der Waals surface area contributed by atoms with Crippen LogP contribution in [-0.4, -0.2) is 36.9 Å². The summed E-state index contributed by atoms with van der Waals surface area (Å²) < 4.78 is 54.2. The fourth-order valence-electron chi connectivity index (χ4n) is 8.07. The van der Waals surface area contributed by atoms with E-state index in [0.717, 1.165) is 134 Å². The van der Waals surface area contributed by atoms with Gasteiger partial charge in [-0.2, -0.15) is 0 Å². The number of carbonyl (C=O) groups excluding carboxylic acids is 2. The summed E-state index contributed by atoms with van der Waals surface area (Å²) >= 11 is 0. The van der Waals surface area contributed by atoms with Gasteiger partial charge >= 0.3 is 0 Å². The second kappa shape index (κ2) is 37.7. The smallest absolute Gasteiger partial charge is 0.207 e. The standard InChI is InChI=1S/C64H96O6/c1-48(2)24-14-25-49(3)26-15-35-54(8)38-21-41-58(46-65)42-22-39-55(9)36-19-33-52(6)31-17-29-50(4)27-16-28-51(5)30-18-32-53(7)34-20-37-56(10)40-23-43-59(47-66)44-45-60-57(11)61(67)63(69-12)64(70-13)62(60)68/h24,26-27,30-31,34,36,38,40,42,44,46-47,67-68H,14-23,25,28-29,32-33,35,37,39,41,43,45H2,1-13H3/b49-26-,50-27-,51-30-,52-31+,53-34-,54-38+,55-36-,56-40-,58-42-,59-44-/i12D3,13D3. The maximum Gasteiger partial charge on any atom is 0.207 e. The van der Waals surface area contributed by atoms with Crippen LogP contribution in [0.15, 0.2) is 128 Å². The zero-order valence-electron chi connectivity index (χ0n) is 51.4. The fourth-order valence-corrected chi connectivity index (χ4v) is 8.07. The molecular formula is C64H96O6. The molecule has 6 nitrogen and oxygen atoms in total. The molecule has 0 aliphatic heterocycles. The first-order chi connectivity index (χ1) is 35.7. The van der Waals surface area contributed by atoms with Crippen LogP contribution in [0, 0.1) is 6.92 Å². The van der Waals surface area contributed by atoms with E-state index in [4.69, 9.17) is 17.7 Å². The Morgan fingerprint density at radius 1 is 0.400 bits per heavy atom.